The van der Waals surface area contributed by atoms with E-state index in [4.69, 9.17) is 0 Å². The highest BCUT2D eigenvalue weighted by molar-refractivity contribution is 7.89. The molecule has 2 rings (SSSR count). The van der Waals surface area contributed by atoms with Crippen molar-refractivity contribution in [3.8, 4) is 0 Å². The second kappa shape index (κ2) is 7.23. The molecule has 0 spiro atoms. The third kappa shape index (κ3) is 4.71. The number of rotatable bonds is 5. The standard InChI is InChI=1S/C15H30N2O2S/c1-12(2)14-7-3-4-8-15(14)17-20(18,19)11-13-6-5-9-16-10-13/h12-17H,3-11H2,1-2H3. The number of hydrogen-bond acceptors (Lipinski definition) is 3. The summed E-state index contributed by atoms with van der Waals surface area (Å²) < 4.78 is 27.8. The maximum absolute atomic E-state index is 12.4. The van der Waals surface area contributed by atoms with Crippen LogP contribution in [0.2, 0.25) is 0 Å². The van der Waals surface area contributed by atoms with Crippen LogP contribution in [0.1, 0.15) is 52.4 Å². The topological polar surface area (TPSA) is 58.2 Å². The molecule has 1 saturated carbocycles. The van der Waals surface area contributed by atoms with Crippen molar-refractivity contribution in [2.75, 3.05) is 18.8 Å². The molecule has 3 atom stereocenters. The van der Waals surface area contributed by atoms with Gasteiger partial charge in [0, 0.05) is 6.04 Å². The molecule has 0 aromatic rings. The minimum Gasteiger partial charge on any atom is -0.316 e. The Morgan fingerprint density at radius 2 is 1.90 bits per heavy atom. The maximum Gasteiger partial charge on any atom is 0.212 e. The SMILES string of the molecule is CC(C)C1CCCCC1NS(=O)(=O)CC1CCCNC1. The van der Waals surface area contributed by atoms with Gasteiger partial charge in [-0.25, -0.2) is 13.1 Å². The van der Waals surface area contributed by atoms with Crippen molar-refractivity contribution in [2.24, 2.45) is 17.8 Å². The summed E-state index contributed by atoms with van der Waals surface area (Å²) in [7, 11) is -3.14. The smallest absolute Gasteiger partial charge is 0.212 e. The fourth-order valence-electron chi connectivity index (χ4n) is 3.76. The van der Waals surface area contributed by atoms with E-state index in [1.807, 2.05) is 0 Å². The Kier molecular flexibility index (Phi) is 5.87. The molecule has 2 N–H and O–H groups in total. The second-order valence-electron chi connectivity index (χ2n) is 6.91. The van der Waals surface area contributed by atoms with Gasteiger partial charge in [0.05, 0.1) is 5.75 Å². The molecule has 20 heavy (non-hydrogen) atoms. The molecule has 1 aliphatic heterocycles. The van der Waals surface area contributed by atoms with Crippen LogP contribution in [-0.4, -0.2) is 33.3 Å². The Morgan fingerprint density at radius 1 is 1.15 bits per heavy atom. The van der Waals surface area contributed by atoms with Gasteiger partial charge >= 0.3 is 0 Å². The first-order chi connectivity index (χ1) is 9.48. The van der Waals surface area contributed by atoms with Crippen molar-refractivity contribution >= 4 is 10.0 Å². The third-order valence-corrected chi connectivity index (χ3v) is 6.43. The Balaban J connectivity index is 1.91. The van der Waals surface area contributed by atoms with Crippen LogP contribution < -0.4 is 10.0 Å². The lowest BCUT2D eigenvalue weighted by Gasteiger charge is -2.35. The van der Waals surface area contributed by atoms with E-state index in [2.05, 4.69) is 23.9 Å². The van der Waals surface area contributed by atoms with E-state index in [1.54, 1.807) is 0 Å². The van der Waals surface area contributed by atoms with E-state index in [0.717, 1.165) is 45.2 Å². The van der Waals surface area contributed by atoms with Crippen LogP contribution in [0.4, 0.5) is 0 Å². The first kappa shape index (κ1) is 16.2. The molecule has 4 nitrogen and oxygen atoms in total. The quantitative estimate of drug-likeness (QED) is 0.818. The summed E-state index contributed by atoms with van der Waals surface area (Å²) in [5.74, 6) is 1.63. The lowest BCUT2D eigenvalue weighted by atomic mass is 9.78. The van der Waals surface area contributed by atoms with Gasteiger partial charge in [-0.1, -0.05) is 26.7 Å². The minimum atomic E-state index is -3.14. The Hall–Kier alpha value is -0.130. The predicted octanol–water partition coefficient (Wildman–Crippen LogP) is 2.12. The van der Waals surface area contributed by atoms with E-state index in [-0.39, 0.29) is 12.0 Å². The molecule has 1 saturated heterocycles. The van der Waals surface area contributed by atoms with Gasteiger partial charge in [0.15, 0.2) is 0 Å². The third-order valence-electron chi connectivity index (χ3n) is 4.86. The van der Waals surface area contributed by atoms with Crippen molar-refractivity contribution in [3.05, 3.63) is 0 Å². The van der Waals surface area contributed by atoms with Crippen molar-refractivity contribution in [1.29, 1.82) is 0 Å². The summed E-state index contributed by atoms with van der Waals surface area (Å²) >= 11 is 0. The number of sulfonamides is 1. The summed E-state index contributed by atoms with van der Waals surface area (Å²) in [5.41, 5.74) is 0. The maximum atomic E-state index is 12.4. The zero-order valence-electron chi connectivity index (χ0n) is 12.9. The van der Waals surface area contributed by atoms with Crippen LogP contribution in [0.3, 0.4) is 0 Å². The van der Waals surface area contributed by atoms with Gasteiger partial charge in [-0.2, -0.15) is 0 Å². The molecule has 2 aliphatic rings. The van der Waals surface area contributed by atoms with Gasteiger partial charge in [0.2, 0.25) is 10.0 Å². The average molecular weight is 302 g/mol. The number of piperidine rings is 1. The normalized spacial score (nSPS) is 32.5. The average Bonchev–Trinajstić information content (AvgIpc) is 2.39. The van der Waals surface area contributed by atoms with Gasteiger partial charge < -0.3 is 5.32 Å². The highest BCUT2D eigenvalue weighted by Crippen LogP contribution is 2.30. The number of hydrogen-bond donors (Lipinski definition) is 2. The second-order valence-corrected chi connectivity index (χ2v) is 8.71. The van der Waals surface area contributed by atoms with Crippen molar-refractivity contribution < 1.29 is 8.42 Å². The molecule has 0 bridgehead atoms. The molecule has 1 heterocycles. The molecule has 0 aromatic heterocycles. The first-order valence-electron chi connectivity index (χ1n) is 8.18. The summed E-state index contributed by atoms with van der Waals surface area (Å²) in [4.78, 5) is 0. The molecule has 0 aromatic carbocycles. The van der Waals surface area contributed by atoms with E-state index in [1.165, 1.54) is 6.42 Å². The summed E-state index contributed by atoms with van der Waals surface area (Å²) in [6.07, 6.45) is 6.69. The van der Waals surface area contributed by atoms with Crippen LogP contribution >= 0.6 is 0 Å². The summed E-state index contributed by atoms with van der Waals surface area (Å²) in [5, 5.41) is 3.30. The fraction of sp³-hybridized carbons (Fsp3) is 1.00. The van der Waals surface area contributed by atoms with Crippen LogP contribution in [-0.2, 0) is 10.0 Å². The van der Waals surface area contributed by atoms with Gasteiger partial charge in [0.25, 0.3) is 0 Å². The lowest BCUT2D eigenvalue weighted by molar-refractivity contribution is 0.226. The molecular formula is C15H30N2O2S. The zero-order valence-corrected chi connectivity index (χ0v) is 13.7. The Labute approximate surface area is 124 Å². The van der Waals surface area contributed by atoms with Gasteiger partial charge in [0.1, 0.15) is 0 Å². The molecule has 118 valence electrons. The molecular weight excluding hydrogens is 272 g/mol. The first-order valence-corrected chi connectivity index (χ1v) is 9.84. The highest BCUT2D eigenvalue weighted by atomic mass is 32.2. The Bertz CT molecular complexity index is 389. The fourth-order valence-corrected chi connectivity index (χ4v) is 5.51. The minimum absolute atomic E-state index is 0.158. The summed E-state index contributed by atoms with van der Waals surface area (Å²) in [6, 6.07) is 0.158. The summed E-state index contributed by atoms with van der Waals surface area (Å²) in [6.45, 7) is 6.30. The van der Waals surface area contributed by atoms with Crippen LogP contribution in [0.5, 0.6) is 0 Å². The van der Waals surface area contributed by atoms with Crippen LogP contribution in [0, 0.1) is 17.8 Å². The van der Waals surface area contributed by atoms with Gasteiger partial charge in [-0.05, 0) is 56.5 Å². The van der Waals surface area contributed by atoms with E-state index >= 15 is 0 Å². The predicted molar refractivity (Wildman–Crippen MR) is 83.1 cm³/mol. The molecule has 2 fully saturated rings. The monoisotopic (exact) mass is 302 g/mol. The highest BCUT2D eigenvalue weighted by Gasteiger charge is 2.31. The van der Waals surface area contributed by atoms with Crippen molar-refractivity contribution in [3.63, 3.8) is 0 Å². The van der Waals surface area contributed by atoms with Crippen molar-refractivity contribution in [2.45, 2.75) is 58.4 Å². The van der Waals surface area contributed by atoms with E-state index in [9.17, 15) is 8.42 Å². The van der Waals surface area contributed by atoms with E-state index < -0.39 is 10.0 Å². The largest absolute Gasteiger partial charge is 0.316 e. The molecule has 0 radical (unpaired) electrons. The van der Waals surface area contributed by atoms with Gasteiger partial charge in [-0.15, -0.1) is 0 Å². The lowest BCUT2D eigenvalue weighted by Crippen LogP contribution is -2.46. The Morgan fingerprint density at radius 3 is 2.55 bits per heavy atom. The van der Waals surface area contributed by atoms with Crippen LogP contribution in [0.15, 0.2) is 0 Å². The number of nitrogens with one attached hydrogen (secondary N) is 2. The van der Waals surface area contributed by atoms with Gasteiger partial charge in [-0.3, -0.25) is 0 Å². The van der Waals surface area contributed by atoms with Crippen LogP contribution in [0.25, 0.3) is 0 Å². The molecule has 5 heteroatoms. The molecule has 3 unspecified atom stereocenters. The molecule has 1 aliphatic carbocycles. The zero-order chi connectivity index (χ0) is 14.6. The molecule has 0 amide bonds. The van der Waals surface area contributed by atoms with Crippen molar-refractivity contribution in [1.82, 2.24) is 10.0 Å². The van der Waals surface area contributed by atoms with E-state index in [0.29, 0.717) is 17.6 Å².